The SMILES string of the molecule is Cc1cc(OCC(=O)N(C)CC(=O)Nc2c(C)cccc2C)c(C(C)C)cc1Cl. The molecule has 156 valence electrons. The van der Waals surface area contributed by atoms with E-state index >= 15 is 0 Å². The van der Waals surface area contributed by atoms with Gasteiger partial charge in [0.05, 0.1) is 6.54 Å². The Bertz CT molecular complexity index is 889. The third kappa shape index (κ3) is 5.97. The lowest BCUT2D eigenvalue weighted by molar-refractivity contribution is -0.135. The monoisotopic (exact) mass is 416 g/mol. The summed E-state index contributed by atoms with van der Waals surface area (Å²) in [7, 11) is 1.59. The van der Waals surface area contributed by atoms with Crippen molar-refractivity contribution in [3.8, 4) is 5.75 Å². The molecule has 0 saturated carbocycles. The van der Waals surface area contributed by atoms with Gasteiger partial charge in [0.15, 0.2) is 6.61 Å². The third-order valence-corrected chi connectivity index (χ3v) is 5.22. The van der Waals surface area contributed by atoms with Crippen LogP contribution in [0.25, 0.3) is 0 Å². The van der Waals surface area contributed by atoms with E-state index in [-0.39, 0.29) is 30.9 Å². The molecule has 6 heteroatoms. The van der Waals surface area contributed by atoms with Crippen LogP contribution in [0.1, 0.15) is 42.0 Å². The molecule has 0 bridgehead atoms. The van der Waals surface area contributed by atoms with Crippen LogP contribution < -0.4 is 10.1 Å². The van der Waals surface area contributed by atoms with Crippen molar-refractivity contribution >= 4 is 29.1 Å². The molecule has 1 N–H and O–H groups in total. The van der Waals surface area contributed by atoms with Crippen molar-refractivity contribution in [1.82, 2.24) is 4.90 Å². The number of halogens is 1. The summed E-state index contributed by atoms with van der Waals surface area (Å²) in [6.45, 7) is 9.66. The van der Waals surface area contributed by atoms with Gasteiger partial charge in [-0.15, -0.1) is 0 Å². The number of ether oxygens (including phenoxy) is 1. The molecule has 0 spiro atoms. The largest absolute Gasteiger partial charge is 0.483 e. The van der Waals surface area contributed by atoms with Crippen LogP contribution in [0.4, 0.5) is 5.69 Å². The molecule has 0 aliphatic rings. The minimum atomic E-state index is -0.274. The molecule has 0 radical (unpaired) electrons. The van der Waals surface area contributed by atoms with Crippen molar-refractivity contribution in [3.05, 3.63) is 57.6 Å². The smallest absolute Gasteiger partial charge is 0.260 e. The molecular weight excluding hydrogens is 388 g/mol. The summed E-state index contributed by atoms with van der Waals surface area (Å²) in [4.78, 5) is 26.2. The molecule has 0 aromatic heterocycles. The Morgan fingerprint density at radius 3 is 2.31 bits per heavy atom. The first-order valence-corrected chi connectivity index (χ1v) is 10.0. The zero-order valence-corrected chi connectivity index (χ0v) is 18.7. The first-order chi connectivity index (χ1) is 13.6. The second-order valence-corrected chi connectivity index (χ2v) is 8.05. The third-order valence-electron chi connectivity index (χ3n) is 4.82. The van der Waals surface area contributed by atoms with Crippen LogP contribution >= 0.6 is 11.6 Å². The summed E-state index contributed by atoms with van der Waals surface area (Å²) < 4.78 is 5.77. The van der Waals surface area contributed by atoms with Gasteiger partial charge in [0.2, 0.25) is 5.91 Å². The van der Waals surface area contributed by atoms with Crippen LogP contribution in [0, 0.1) is 20.8 Å². The van der Waals surface area contributed by atoms with E-state index in [4.69, 9.17) is 16.3 Å². The summed E-state index contributed by atoms with van der Waals surface area (Å²) >= 11 is 6.21. The van der Waals surface area contributed by atoms with Crippen molar-refractivity contribution in [2.45, 2.75) is 40.5 Å². The van der Waals surface area contributed by atoms with Gasteiger partial charge in [0, 0.05) is 17.8 Å². The Balaban J connectivity index is 1.98. The van der Waals surface area contributed by atoms with Crippen molar-refractivity contribution < 1.29 is 14.3 Å². The van der Waals surface area contributed by atoms with Crippen LogP contribution in [-0.2, 0) is 9.59 Å². The fourth-order valence-corrected chi connectivity index (χ4v) is 3.16. The Labute approximate surface area is 178 Å². The molecule has 0 heterocycles. The van der Waals surface area contributed by atoms with Gasteiger partial charge in [-0.25, -0.2) is 0 Å². The minimum Gasteiger partial charge on any atom is -0.483 e. The predicted octanol–water partition coefficient (Wildman–Crippen LogP) is 4.86. The normalized spacial score (nSPS) is 10.8. The number of benzene rings is 2. The number of hydrogen-bond acceptors (Lipinski definition) is 3. The van der Waals surface area contributed by atoms with Crippen LogP contribution in [0.3, 0.4) is 0 Å². The maximum atomic E-state index is 12.5. The number of nitrogens with zero attached hydrogens (tertiary/aromatic N) is 1. The lowest BCUT2D eigenvalue weighted by Gasteiger charge is -2.20. The molecule has 2 amide bonds. The molecule has 29 heavy (non-hydrogen) atoms. The molecule has 2 aromatic rings. The Morgan fingerprint density at radius 2 is 1.72 bits per heavy atom. The fourth-order valence-electron chi connectivity index (χ4n) is 2.99. The number of rotatable bonds is 7. The quantitative estimate of drug-likeness (QED) is 0.700. The van der Waals surface area contributed by atoms with Crippen LogP contribution in [0.2, 0.25) is 5.02 Å². The number of amides is 2. The van der Waals surface area contributed by atoms with Crippen molar-refractivity contribution in [3.63, 3.8) is 0 Å². The van der Waals surface area contributed by atoms with E-state index in [1.54, 1.807) is 7.05 Å². The summed E-state index contributed by atoms with van der Waals surface area (Å²) in [6, 6.07) is 9.54. The maximum Gasteiger partial charge on any atom is 0.260 e. The lowest BCUT2D eigenvalue weighted by Crippen LogP contribution is -2.37. The Morgan fingerprint density at radius 1 is 1.10 bits per heavy atom. The minimum absolute atomic E-state index is 0.0490. The number of anilines is 1. The summed E-state index contributed by atoms with van der Waals surface area (Å²) in [5, 5.41) is 3.56. The van der Waals surface area contributed by atoms with Crippen LogP contribution in [-0.4, -0.2) is 36.9 Å². The van der Waals surface area contributed by atoms with Crippen molar-refractivity contribution in [2.75, 3.05) is 25.5 Å². The number of para-hydroxylation sites is 1. The highest BCUT2D eigenvalue weighted by Gasteiger charge is 2.17. The highest BCUT2D eigenvalue weighted by atomic mass is 35.5. The summed E-state index contributed by atoms with van der Waals surface area (Å²) in [6.07, 6.45) is 0. The number of carbonyl (C=O) groups excluding carboxylic acids is 2. The molecular formula is C23H29ClN2O3. The van der Waals surface area contributed by atoms with Crippen LogP contribution in [0.15, 0.2) is 30.3 Å². The maximum absolute atomic E-state index is 12.5. The Hall–Kier alpha value is -2.53. The number of nitrogens with one attached hydrogen (secondary N) is 1. The average Bonchev–Trinajstić information content (AvgIpc) is 2.64. The molecule has 2 aromatic carbocycles. The van der Waals surface area contributed by atoms with E-state index in [0.29, 0.717) is 10.8 Å². The van der Waals surface area contributed by atoms with E-state index in [2.05, 4.69) is 5.32 Å². The molecule has 2 rings (SSSR count). The molecule has 0 aliphatic carbocycles. The van der Waals surface area contributed by atoms with Gasteiger partial charge < -0.3 is 15.0 Å². The van der Waals surface area contributed by atoms with Gasteiger partial charge in [-0.2, -0.15) is 0 Å². The Kier molecular flexibility index (Phi) is 7.68. The average molecular weight is 417 g/mol. The second-order valence-electron chi connectivity index (χ2n) is 7.65. The number of likely N-dealkylation sites (N-methyl/N-ethyl adjacent to an activating group) is 1. The van der Waals surface area contributed by atoms with Gasteiger partial charge >= 0.3 is 0 Å². The summed E-state index contributed by atoms with van der Waals surface area (Å²) in [5.41, 5.74) is 4.58. The molecule has 5 nitrogen and oxygen atoms in total. The molecule has 0 aliphatic heterocycles. The van der Waals surface area contributed by atoms with Gasteiger partial charge in [-0.05, 0) is 61.1 Å². The fraction of sp³-hybridized carbons (Fsp3) is 0.391. The van der Waals surface area contributed by atoms with Crippen molar-refractivity contribution in [2.24, 2.45) is 0 Å². The molecule has 0 unspecified atom stereocenters. The summed E-state index contributed by atoms with van der Waals surface area (Å²) in [5.74, 6) is 0.329. The van der Waals surface area contributed by atoms with Crippen LogP contribution in [0.5, 0.6) is 5.75 Å². The predicted molar refractivity (Wildman–Crippen MR) is 118 cm³/mol. The molecule has 0 fully saturated rings. The zero-order chi connectivity index (χ0) is 21.7. The first kappa shape index (κ1) is 22.8. The van der Waals surface area contributed by atoms with E-state index in [9.17, 15) is 9.59 Å². The highest BCUT2D eigenvalue weighted by Crippen LogP contribution is 2.32. The molecule has 0 saturated heterocycles. The zero-order valence-electron chi connectivity index (χ0n) is 17.9. The standard InChI is InChI=1S/C23H29ClN2O3/c1-14(2)18-11-19(24)17(5)10-20(18)29-13-22(28)26(6)12-21(27)25-23-15(3)8-7-9-16(23)4/h7-11,14H,12-13H2,1-6H3,(H,25,27). The van der Waals surface area contributed by atoms with E-state index in [0.717, 1.165) is 27.9 Å². The first-order valence-electron chi connectivity index (χ1n) is 9.63. The van der Waals surface area contributed by atoms with Gasteiger partial charge in [-0.1, -0.05) is 43.6 Å². The van der Waals surface area contributed by atoms with Gasteiger partial charge in [0.1, 0.15) is 5.75 Å². The van der Waals surface area contributed by atoms with Gasteiger partial charge in [0.25, 0.3) is 5.91 Å². The van der Waals surface area contributed by atoms with E-state index < -0.39 is 0 Å². The second kappa shape index (κ2) is 9.79. The number of aryl methyl sites for hydroxylation is 3. The molecule has 0 atom stereocenters. The number of carbonyl (C=O) groups is 2. The van der Waals surface area contributed by atoms with E-state index in [1.807, 2.05) is 65.0 Å². The highest BCUT2D eigenvalue weighted by molar-refractivity contribution is 6.31. The van der Waals surface area contributed by atoms with E-state index in [1.165, 1.54) is 4.90 Å². The lowest BCUT2D eigenvalue weighted by atomic mass is 10.0. The van der Waals surface area contributed by atoms with Crippen molar-refractivity contribution in [1.29, 1.82) is 0 Å². The number of hydrogen-bond donors (Lipinski definition) is 1. The topological polar surface area (TPSA) is 58.6 Å². The van der Waals surface area contributed by atoms with Gasteiger partial charge in [-0.3, -0.25) is 9.59 Å².